The summed E-state index contributed by atoms with van der Waals surface area (Å²) in [6, 6.07) is 9.43. The molecule has 0 aliphatic rings. The molecule has 0 bridgehead atoms. The molecule has 5 heteroatoms. The monoisotopic (exact) mass is 300 g/mol. The third-order valence-electron chi connectivity index (χ3n) is 2.65. The second kappa shape index (κ2) is 6.85. The van der Waals surface area contributed by atoms with Crippen molar-refractivity contribution in [1.82, 2.24) is 0 Å². The Labute approximate surface area is 117 Å². The zero-order chi connectivity index (χ0) is 14.5. The summed E-state index contributed by atoms with van der Waals surface area (Å²) in [5.41, 5.74) is 0. The first kappa shape index (κ1) is 16.6. The van der Waals surface area contributed by atoms with E-state index in [1.165, 1.54) is 0 Å². The van der Waals surface area contributed by atoms with Crippen LogP contribution in [0, 0.1) is 0 Å². The summed E-state index contributed by atoms with van der Waals surface area (Å²) in [4.78, 5) is 0. The van der Waals surface area contributed by atoms with Gasteiger partial charge >= 0.3 is 0 Å². The van der Waals surface area contributed by atoms with Gasteiger partial charge in [-0.2, -0.15) is 0 Å². The Morgan fingerprint density at radius 1 is 1.16 bits per heavy atom. The van der Waals surface area contributed by atoms with Crippen molar-refractivity contribution in [3.05, 3.63) is 30.3 Å². The van der Waals surface area contributed by atoms with Crippen LogP contribution >= 0.6 is 7.37 Å². The van der Waals surface area contributed by atoms with Crippen molar-refractivity contribution in [2.75, 3.05) is 6.61 Å². The second-order valence-corrected chi connectivity index (χ2v) is 12.4. The molecular weight excluding hydrogens is 275 g/mol. The van der Waals surface area contributed by atoms with Crippen LogP contribution in [-0.2, 0) is 13.5 Å². The molecule has 0 aliphatic heterocycles. The van der Waals surface area contributed by atoms with E-state index in [1.807, 2.05) is 44.2 Å². The van der Waals surface area contributed by atoms with Gasteiger partial charge in [-0.3, -0.25) is 4.57 Å². The Morgan fingerprint density at radius 2 is 1.74 bits per heavy atom. The zero-order valence-electron chi connectivity index (χ0n) is 12.6. The average molecular weight is 300 g/mol. The lowest BCUT2D eigenvalue weighted by Crippen LogP contribution is -2.34. The summed E-state index contributed by atoms with van der Waals surface area (Å²) in [5, 5.41) is 0.752. The fourth-order valence-electron chi connectivity index (χ4n) is 1.95. The van der Waals surface area contributed by atoms with E-state index in [4.69, 9.17) is 8.95 Å². The second-order valence-electron chi connectivity index (χ2n) is 5.44. The summed E-state index contributed by atoms with van der Waals surface area (Å²) in [7, 11) is -4.73. The lowest BCUT2D eigenvalue weighted by atomic mass is 10.4. The largest absolute Gasteiger partial charge is 0.405 e. The van der Waals surface area contributed by atoms with Crippen molar-refractivity contribution in [3.63, 3.8) is 0 Å². The van der Waals surface area contributed by atoms with Crippen LogP contribution in [0.2, 0.25) is 19.6 Å². The van der Waals surface area contributed by atoms with Crippen LogP contribution in [0.1, 0.15) is 20.3 Å². The van der Waals surface area contributed by atoms with Gasteiger partial charge in [0.2, 0.25) is 0 Å². The summed E-state index contributed by atoms with van der Waals surface area (Å²) in [6.07, 6.45) is 0.691. The number of benzene rings is 1. The van der Waals surface area contributed by atoms with Crippen molar-refractivity contribution in [2.45, 2.75) is 45.8 Å². The maximum Gasteiger partial charge on any atom is 0.258 e. The molecule has 1 rings (SSSR count). The molecule has 0 amide bonds. The van der Waals surface area contributed by atoms with Gasteiger partial charge in [-0.05, 0) is 45.1 Å². The Kier molecular flexibility index (Phi) is 6.00. The third-order valence-corrected chi connectivity index (χ3v) is 6.73. The van der Waals surface area contributed by atoms with Crippen LogP contribution in [0.5, 0.6) is 0 Å². The van der Waals surface area contributed by atoms with Gasteiger partial charge in [0.05, 0.1) is 6.61 Å². The van der Waals surface area contributed by atoms with E-state index in [0.29, 0.717) is 13.0 Å². The molecule has 0 heterocycles. The molecule has 0 fully saturated rings. The van der Waals surface area contributed by atoms with E-state index in [0.717, 1.165) is 5.30 Å². The predicted molar refractivity (Wildman–Crippen MR) is 83.8 cm³/mol. The fourth-order valence-corrected chi connectivity index (χ4v) is 6.54. The van der Waals surface area contributed by atoms with E-state index in [9.17, 15) is 4.57 Å². The SMILES string of the molecule is CCOP(=O)(c1ccccc1)C(CC)O[Si](C)(C)C. The van der Waals surface area contributed by atoms with Gasteiger partial charge in [-0.1, -0.05) is 25.1 Å². The van der Waals surface area contributed by atoms with Gasteiger partial charge in [-0.15, -0.1) is 0 Å². The van der Waals surface area contributed by atoms with E-state index in [-0.39, 0.29) is 5.85 Å². The molecular formula is C14H25O3PSi. The highest BCUT2D eigenvalue weighted by atomic mass is 31.2. The van der Waals surface area contributed by atoms with Gasteiger partial charge in [0.1, 0.15) is 5.85 Å². The quantitative estimate of drug-likeness (QED) is 0.559. The van der Waals surface area contributed by atoms with Gasteiger partial charge in [-0.25, -0.2) is 0 Å². The molecule has 1 aromatic carbocycles. The molecule has 2 atom stereocenters. The minimum atomic E-state index is -2.97. The molecule has 0 aromatic heterocycles. The minimum Gasteiger partial charge on any atom is -0.405 e. The van der Waals surface area contributed by atoms with Gasteiger partial charge in [0.15, 0.2) is 8.32 Å². The topological polar surface area (TPSA) is 35.5 Å². The molecule has 2 unspecified atom stereocenters. The minimum absolute atomic E-state index is 0.346. The molecule has 0 spiro atoms. The average Bonchev–Trinajstić information content (AvgIpc) is 2.36. The van der Waals surface area contributed by atoms with Crippen LogP contribution in [0.15, 0.2) is 30.3 Å². The lowest BCUT2D eigenvalue weighted by molar-refractivity contribution is 0.225. The third kappa shape index (κ3) is 4.57. The van der Waals surface area contributed by atoms with E-state index in [2.05, 4.69) is 19.6 Å². The van der Waals surface area contributed by atoms with Crippen LogP contribution < -0.4 is 5.30 Å². The van der Waals surface area contributed by atoms with Crippen molar-refractivity contribution in [1.29, 1.82) is 0 Å². The van der Waals surface area contributed by atoms with Crippen molar-refractivity contribution in [3.8, 4) is 0 Å². The van der Waals surface area contributed by atoms with E-state index >= 15 is 0 Å². The number of rotatable bonds is 7. The summed E-state index contributed by atoms with van der Waals surface area (Å²) >= 11 is 0. The standard InChI is InChI=1S/C14H25O3PSi/c1-6-14(17-19(3,4)5)18(15,16-7-2)13-11-9-8-10-12-13/h8-12,14H,6-7H2,1-5H3. The van der Waals surface area contributed by atoms with E-state index in [1.54, 1.807) is 0 Å². The summed E-state index contributed by atoms with van der Waals surface area (Å²) in [5.74, 6) is -0.346. The molecule has 108 valence electrons. The molecule has 1 aromatic rings. The first-order valence-electron chi connectivity index (χ1n) is 6.81. The zero-order valence-corrected chi connectivity index (χ0v) is 14.4. The number of hydrogen-bond donors (Lipinski definition) is 0. The summed E-state index contributed by atoms with van der Waals surface area (Å²) < 4.78 is 25.1. The highest BCUT2D eigenvalue weighted by Gasteiger charge is 2.38. The maximum absolute atomic E-state index is 13.3. The predicted octanol–water partition coefficient (Wildman–Crippen LogP) is 4.21. The molecule has 0 aliphatic carbocycles. The molecule has 0 radical (unpaired) electrons. The smallest absolute Gasteiger partial charge is 0.258 e. The number of hydrogen-bond acceptors (Lipinski definition) is 3. The molecule has 19 heavy (non-hydrogen) atoms. The van der Waals surface area contributed by atoms with Crippen molar-refractivity contribution < 1.29 is 13.5 Å². The molecule has 0 saturated carbocycles. The van der Waals surface area contributed by atoms with Crippen molar-refractivity contribution >= 4 is 21.0 Å². The maximum atomic E-state index is 13.3. The molecule has 0 saturated heterocycles. The van der Waals surface area contributed by atoms with E-state index < -0.39 is 15.7 Å². The Bertz CT molecular complexity index is 428. The Balaban J connectivity index is 3.13. The van der Waals surface area contributed by atoms with Crippen molar-refractivity contribution in [2.24, 2.45) is 0 Å². The summed E-state index contributed by atoms with van der Waals surface area (Å²) in [6.45, 7) is 10.6. The molecule has 0 N–H and O–H groups in total. The Hall–Kier alpha value is -0.413. The van der Waals surface area contributed by atoms with Crippen LogP contribution in [0.25, 0.3) is 0 Å². The van der Waals surface area contributed by atoms with Crippen LogP contribution in [0.4, 0.5) is 0 Å². The fraction of sp³-hybridized carbons (Fsp3) is 0.571. The molecule has 3 nitrogen and oxygen atoms in total. The van der Waals surface area contributed by atoms with Crippen LogP contribution in [-0.4, -0.2) is 20.8 Å². The Morgan fingerprint density at radius 3 is 2.16 bits per heavy atom. The van der Waals surface area contributed by atoms with Gasteiger partial charge in [0.25, 0.3) is 7.37 Å². The lowest BCUT2D eigenvalue weighted by Gasteiger charge is -2.31. The van der Waals surface area contributed by atoms with Gasteiger partial charge < -0.3 is 8.95 Å². The van der Waals surface area contributed by atoms with Crippen LogP contribution in [0.3, 0.4) is 0 Å². The highest BCUT2D eigenvalue weighted by Crippen LogP contribution is 2.53. The highest BCUT2D eigenvalue weighted by molar-refractivity contribution is 7.67. The van der Waals surface area contributed by atoms with Gasteiger partial charge in [0, 0.05) is 5.30 Å². The normalized spacial score (nSPS) is 16.9. The first-order valence-corrected chi connectivity index (χ1v) is 11.9. The first-order chi connectivity index (χ1) is 8.83.